The molecule has 0 aliphatic carbocycles. The van der Waals surface area contributed by atoms with Gasteiger partial charge in [-0.1, -0.05) is 18.5 Å². The van der Waals surface area contributed by atoms with E-state index in [4.69, 9.17) is 17.3 Å². The number of carbonyl (C=O) groups is 1. The summed E-state index contributed by atoms with van der Waals surface area (Å²) in [6.07, 6.45) is -4.16. The maximum atomic E-state index is 14.0. The molecule has 0 spiro atoms. The van der Waals surface area contributed by atoms with Crippen LogP contribution in [0.1, 0.15) is 42.5 Å². The van der Waals surface area contributed by atoms with Gasteiger partial charge in [-0.15, -0.1) is 0 Å². The monoisotopic (exact) mass is 470 g/mol. The van der Waals surface area contributed by atoms with Crippen LogP contribution in [0.4, 0.5) is 30.4 Å². The fourth-order valence-corrected chi connectivity index (χ4v) is 4.06. The van der Waals surface area contributed by atoms with Crippen LogP contribution in [0.2, 0.25) is 5.15 Å². The topological polar surface area (TPSA) is 87.4 Å². The van der Waals surface area contributed by atoms with Crippen LogP contribution in [0.15, 0.2) is 18.2 Å². The van der Waals surface area contributed by atoms with Gasteiger partial charge in [-0.05, 0) is 45.5 Å². The number of hydrogen-bond acceptors (Lipinski definition) is 6. The smallest absolute Gasteiger partial charge is 0.365 e. The first kappa shape index (κ1) is 24.1. The number of rotatable bonds is 5. The Morgan fingerprint density at radius 2 is 1.94 bits per heavy atom. The van der Waals surface area contributed by atoms with Gasteiger partial charge in [0.15, 0.2) is 16.7 Å². The van der Waals surface area contributed by atoms with Crippen molar-refractivity contribution in [1.29, 1.82) is 0 Å². The molecule has 2 heterocycles. The van der Waals surface area contributed by atoms with Gasteiger partial charge in [-0.3, -0.25) is 9.69 Å². The summed E-state index contributed by atoms with van der Waals surface area (Å²) in [7, 11) is 1.96. The molecular weight excluding hydrogens is 445 g/mol. The number of benzene rings is 1. The van der Waals surface area contributed by atoms with Crippen LogP contribution >= 0.6 is 11.6 Å². The number of nitrogens with two attached hydrogens (primary N) is 1. The lowest BCUT2D eigenvalue weighted by atomic mass is 10.0. The molecule has 1 fully saturated rings. The summed E-state index contributed by atoms with van der Waals surface area (Å²) in [6.45, 7) is 6.79. The minimum Gasteiger partial charge on any atom is -0.365 e. The van der Waals surface area contributed by atoms with E-state index in [9.17, 15) is 18.0 Å². The summed E-state index contributed by atoms with van der Waals surface area (Å²) in [5.41, 5.74) is 4.99. The molecule has 1 amide bonds. The van der Waals surface area contributed by atoms with E-state index in [1.807, 2.05) is 20.9 Å². The third kappa shape index (κ3) is 4.91. The van der Waals surface area contributed by atoms with Crippen LogP contribution in [0.3, 0.4) is 0 Å². The Morgan fingerprint density at radius 1 is 1.25 bits per heavy atom. The van der Waals surface area contributed by atoms with Gasteiger partial charge in [-0.25, -0.2) is 9.97 Å². The number of amides is 1. The maximum Gasteiger partial charge on any atom is 0.418 e. The van der Waals surface area contributed by atoms with Gasteiger partial charge >= 0.3 is 6.18 Å². The minimum absolute atomic E-state index is 0.0490. The molecule has 1 aromatic carbocycles. The molecule has 0 saturated carbocycles. The fourth-order valence-electron chi connectivity index (χ4n) is 3.80. The van der Waals surface area contributed by atoms with Gasteiger partial charge in [-0.2, -0.15) is 13.2 Å². The molecule has 1 aliphatic rings. The maximum absolute atomic E-state index is 14.0. The van der Waals surface area contributed by atoms with E-state index in [2.05, 4.69) is 20.2 Å². The van der Waals surface area contributed by atoms with E-state index in [-0.39, 0.29) is 40.1 Å². The number of aromatic nitrogens is 2. The van der Waals surface area contributed by atoms with Crippen molar-refractivity contribution >= 4 is 34.7 Å². The molecule has 2 atom stereocenters. The molecule has 0 bridgehead atoms. The highest BCUT2D eigenvalue weighted by Gasteiger charge is 2.38. The molecule has 1 aliphatic heterocycles. The Balaban J connectivity index is 2.02. The van der Waals surface area contributed by atoms with Gasteiger partial charge in [0, 0.05) is 36.5 Å². The van der Waals surface area contributed by atoms with Crippen LogP contribution in [-0.2, 0) is 12.6 Å². The zero-order valence-electron chi connectivity index (χ0n) is 18.3. The summed E-state index contributed by atoms with van der Waals surface area (Å²) >= 11 is 6.09. The van der Waals surface area contributed by atoms with Crippen molar-refractivity contribution in [2.45, 2.75) is 45.5 Å². The summed E-state index contributed by atoms with van der Waals surface area (Å²) in [4.78, 5) is 23.9. The second kappa shape index (κ2) is 9.11. The van der Waals surface area contributed by atoms with E-state index in [0.29, 0.717) is 25.2 Å². The number of piperazine rings is 1. The second-order valence-corrected chi connectivity index (χ2v) is 8.38. The molecule has 32 heavy (non-hydrogen) atoms. The van der Waals surface area contributed by atoms with Gasteiger partial charge in [0.25, 0.3) is 5.91 Å². The van der Waals surface area contributed by atoms with Crippen LogP contribution in [0.25, 0.3) is 0 Å². The van der Waals surface area contributed by atoms with Crippen molar-refractivity contribution in [3.05, 3.63) is 40.3 Å². The number of aryl methyl sites for hydroxylation is 1. The Kier molecular flexibility index (Phi) is 6.85. The van der Waals surface area contributed by atoms with Crippen molar-refractivity contribution in [1.82, 2.24) is 14.9 Å². The molecule has 7 nitrogen and oxygen atoms in total. The van der Waals surface area contributed by atoms with Gasteiger partial charge in [0.1, 0.15) is 0 Å². The highest BCUT2D eigenvalue weighted by Crippen LogP contribution is 2.40. The number of nitrogens with zero attached hydrogens (tertiary/aromatic N) is 4. The SMILES string of the molecule is CCc1nc(C(N)=O)c(Nc2ccc(N3C[C@H](C)N(C)C[C@H]3C)c(C(F)(F)F)c2)nc1Cl. The Bertz CT molecular complexity index is 1020. The van der Waals surface area contributed by atoms with Crippen molar-refractivity contribution in [2.75, 3.05) is 30.4 Å². The fraction of sp³-hybridized carbons (Fsp3) is 0.476. The van der Waals surface area contributed by atoms with Crippen molar-refractivity contribution in [2.24, 2.45) is 5.73 Å². The summed E-state index contributed by atoms with van der Waals surface area (Å²) in [5.74, 6) is -0.957. The van der Waals surface area contributed by atoms with E-state index >= 15 is 0 Å². The normalized spacial score (nSPS) is 19.8. The number of hydrogen-bond donors (Lipinski definition) is 2. The van der Waals surface area contributed by atoms with E-state index < -0.39 is 17.6 Å². The van der Waals surface area contributed by atoms with Crippen molar-refractivity contribution in [3.8, 4) is 0 Å². The molecule has 11 heteroatoms. The number of carbonyl (C=O) groups excluding carboxylic acids is 1. The van der Waals surface area contributed by atoms with E-state index in [1.54, 1.807) is 11.8 Å². The number of nitrogens with one attached hydrogen (secondary N) is 1. The van der Waals surface area contributed by atoms with E-state index in [1.165, 1.54) is 12.1 Å². The van der Waals surface area contributed by atoms with Crippen molar-refractivity contribution < 1.29 is 18.0 Å². The molecule has 0 radical (unpaired) electrons. The third-order valence-corrected chi connectivity index (χ3v) is 5.96. The van der Waals surface area contributed by atoms with Gasteiger partial charge in [0.2, 0.25) is 0 Å². The first-order valence-electron chi connectivity index (χ1n) is 10.2. The summed E-state index contributed by atoms with van der Waals surface area (Å²) < 4.78 is 42.0. The lowest BCUT2D eigenvalue weighted by Crippen LogP contribution is -2.55. The summed E-state index contributed by atoms with van der Waals surface area (Å²) in [5, 5.41) is 2.78. The minimum atomic E-state index is -4.58. The summed E-state index contributed by atoms with van der Waals surface area (Å²) in [6, 6.07) is 3.95. The predicted molar refractivity (Wildman–Crippen MR) is 119 cm³/mol. The first-order chi connectivity index (χ1) is 14.9. The Hall–Kier alpha value is -2.59. The number of anilines is 3. The van der Waals surface area contributed by atoms with Gasteiger partial charge < -0.3 is 16.0 Å². The molecule has 3 rings (SSSR count). The van der Waals surface area contributed by atoms with Crippen molar-refractivity contribution in [3.63, 3.8) is 0 Å². The molecule has 0 unspecified atom stereocenters. The lowest BCUT2D eigenvalue weighted by Gasteiger charge is -2.44. The largest absolute Gasteiger partial charge is 0.418 e. The predicted octanol–water partition coefficient (Wildman–Crippen LogP) is 4.08. The van der Waals surface area contributed by atoms with Gasteiger partial charge in [0.05, 0.1) is 11.3 Å². The zero-order chi connectivity index (χ0) is 23.8. The average Bonchev–Trinajstić information content (AvgIpc) is 2.70. The lowest BCUT2D eigenvalue weighted by molar-refractivity contribution is -0.137. The van der Waals surface area contributed by atoms with E-state index in [0.717, 1.165) is 6.07 Å². The first-order valence-corrected chi connectivity index (χ1v) is 10.6. The average molecular weight is 471 g/mol. The van der Waals surface area contributed by atoms with Crippen LogP contribution < -0.4 is 16.0 Å². The van der Waals surface area contributed by atoms with Crippen LogP contribution in [0, 0.1) is 0 Å². The highest BCUT2D eigenvalue weighted by atomic mass is 35.5. The number of alkyl halides is 3. The second-order valence-electron chi connectivity index (χ2n) is 8.02. The Labute approximate surface area is 189 Å². The van der Waals surface area contributed by atoms with Crippen LogP contribution in [-0.4, -0.2) is 53.0 Å². The van der Waals surface area contributed by atoms with Crippen LogP contribution in [0.5, 0.6) is 0 Å². The highest BCUT2D eigenvalue weighted by molar-refractivity contribution is 6.30. The molecule has 174 valence electrons. The Morgan fingerprint density at radius 3 is 2.53 bits per heavy atom. The number of halogens is 4. The number of primary amides is 1. The molecule has 2 aromatic rings. The number of likely N-dealkylation sites (N-methyl/N-ethyl adjacent to an activating group) is 1. The molecule has 1 saturated heterocycles. The zero-order valence-corrected chi connectivity index (χ0v) is 19.1. The molecule has 3 N–H and O–H groups in total. The molecular formula is C21H26ClF3N6O. The third-order valence-electron chi connectivity index (χ3n) is 5.66. The quantitative estimate of drug-likeness (QED) is 0.684. The molecule has 1 aromatic heterocycles. The standard InChI is InChI=1S/C21H26ClF3N6O/c1-5-15-18(22)29-20(17(28-15)19(26)32)27-13-6-7-16(14(8-13)21(23,24)25)31-10-11(2)30(4)9-12(31)3/h6-8,11-12H,5,9-10H2,1-4H3,(H2,26,32)(H,27,29)/t11-,12+/m0/s1.